The number of hydrogen-bond donors (Lipinski definition) is 1. The van der Waals surface area contributed by atoms with Crippen molar-refractivity contribution in [2.24, 2.45) is 5.92 Å². The summed E-state index contributed by atoms with van der Waals surface area (Å²) in [7, 11) is 0. The minimum absolute atomic E-state index is 0.0860. The van der Waals surface area contributed by atoms with Gasteiger partial charge in [0.25, 0.3) is 0 Å². The second kappa shape index (κ2) is 5.88. The average molecular weight is 289 g/mol. The summed E-state index contributed by atoms with van der Waals surface area (Å²) in [6.45, 7) is 6.77. The van der Waals surface area contributed by atoms with Crippen LogP contribution in [-0.2, 0) is 9.53 Å². The van der Waals surface area contributed by atoms with Gasteiger partial charge in [0.1, 0.15) is 11.4 Å². The van der Waals surface area contributed by atoms with Crippen LogP contribution in [0, 0.1) is 11.7 Å². The van der Waals surface area contributed by atoms with Gasteiger partial charge >= 0.3 is 5.97 Å². The minimum atomic E-state index is -1.14. The molecule has 0 saturated heterocycles. The molecule has 3 nitrogen and oxygen atoms in total. The molecule has 0 heterocycles. The maximum absolute atomic E-state index is 12.9. The monoisotopic (exact) mass is 288 g/mol. The van der Waals surface area contributed by atoms with E-state index < -0.39 is 29.4 Å². The van der Waals surface area contributed by atoms with E-state index in [0.717, 1.165) is 6.07 Å². The molecule has 0 radical (unpaired) electrons. The third kappa shape index (κ3) is 4.48. The van der Waals surface area contributed by atoms with Gasteiger partial charge in [-0.15, -0.1) is 0 Å². The number of hydrogen-bond acceptors (Lipinski definition) is 3. The lowest BCUT2D eigenvalue weighted by atomic mass is 9.97. The molecule has 0 aromatic heterocycles. The first-order chi connectivity index (χ1) is 8.61. The number of aliphatic hydroxyl groups excluding tert-OH is 1. The van der Waals surface area contributed by atoms with Crippen molar-refractivity contribution in [3.63, 3.8) is 0 Å². The molecule has 1 aromatic carbocycles. The molecule has 0 aliphatic heterocycles. The van der Waals surface area contributed by atoms with Crippen molar-refractivity contribution in [2.75, 3.05) is 0 Å². The second-order valence-corrected chi connectivity index (χ2v) is 5.84. The lowest BCUT2D eigenvalue weighted by molar-refractivity contribution is -0.163. The van der Waals surface area contributed by atoms with Crippen molar-refractivity contribution in [1.82, 2.24) is 0 Å². The van der Waals surface area contributed by atoms with Crippen LogP contribution >= 0.6 is 11.6 Å². The fourth-order valence-electron chi connectivity index (χ4n) is 1.53. The van der Waals surface area contributed by atoms with Crippen molar-refractivity contribution in [3.05, 3.63) is 34.6 Å². The lowest BCUT2D eigenvalue weighted by Gasteiger charge is -2.25. The zero-order chi connectivity index (χ0) is 14.8. The van der Waals surface area contributed by atoms with Gasteiger partial charge in [0, 0.05) is 10.6 Å². The summed E-state index contributed by atoms with van der Waals surface area (Å²) >= 11 is 5.85. The molecule has 0 amide bonds. The SMILES string of the molecule is CC(C(=O)OC(C)(C)C)C(O)c1ccc(F)cc1Cl. The highest BCUT2D eigenvalue weighted by atomic mass is 35.5. The fraction of sp³-hybridized carbons (Fsp3) is 0.500. The molecule has 19 heavy (non-hydrogen) atoms. The fourth-order valence-corrected chi connectivity index (χ4v) is 1.81. The molecular weight excluding hydrogens is 271 g/mol. The average Bonchev–Trinajstić information content (AvgIpc) is 2.24. The van der Waals surface area contributed by atoms with E-state index in [4.69, 9.17) is 16.3 Å². The zero-order valence-electron chi connectivity index (χ0n) is 11.4. The second-order valence-electron chi connectivity index (χ2n) is 5.43. The van der Waals surface area contributed by atoms with Gasteiger partial charge in [-0.25, -0.2) is 4.39 Å². The van der Waals surface area contributed by atoms with Gasteiger partial charge in [-0.3, -0.25) is 4.79 Å². The van der Waals surface area contributed by atoms with Crippen LogP contribution < -0.4 is 0 Å². The van der Waals surface area contributed by atoms with Crippen LogP contribution in [0.2, 0.25) is 5.02 Å². The molecule has 0 spiro atoms. The topological polar surface area (TPSA) is 46.5 Å². The van der Waals surface area contributed by atoms with Crippen molar-refractivity contribution in [2.45, 2.75) is 39.4 Å². The summed E-state index contributed by atoms with van der Waals surface area (Å²) in [6, 6.07) is 3.65. The van der Waals surface area contributed by atoms with Crippen LogP contribution in [0.3, 0.4) is 0 Å². The molecule has 0 aliphatic rings. The Bertz CT molecular complexity index is 468. The van der Waals surface area contributed by atoms with E-state index in [-0.39, 0.29) is 5.02 Å². The van der Waals surface area contributed by atoms with Crippen LogP contribution in [0.5, 0.6) is 0 Å². The van der Waals surface area contributed by atoms with Gasteiger partial charge in [0.05, 0.1) is 12.0 Å². The summed E-state index contributed by atoms with van der Waals surface area (Å²) in [4.78, 5) is 11.9. The largest absolute Gasteiger partial charge is 0.460 e. The van der Waals surface area contributed by atoms with Gasteiger partial charge in [-0.2, -0.15) is 0 Å². The number of aliphatic hydroxyl groups is 1. The molecular formula is C14H18ClFO3. The molecule has 0 bridgehead atoms. The Labute approximate surface area is 117 Å². The van der Waals surface area contributed by atoms with Crippen molar-refractivity contribution in [3.8, 4) is 0 Å². The Balaban J connectivity index is 2.87. The van der Waals surface area contributed by atoms with Crippen LogP contribution in [0.1, 0.15) is 39.4 Å². The Kier molecular flexibility index (Phi) is 4.93. The van der Waals surface area contributed by atoms with E-state index in [1.807, 2.05) is 0 Å². The predicted molar refractivity (Wildman–Crippen MR) is 71.4 cm³/mol. The molecule has 1 rings (SSSR count). The summed E-state index contributed by atoms with van der Waals surface area (Å²) < 4.78 is 18.1. The van der Waals surface area contributed by atoms with E-state index in [2.05, 4.69) is 0 Å². The van der Waals surface area contributed by atoms with Gasteiger partial charge in [-0.05, 0) is 39.8 Å². The first-order valence-corrected chi connectivity index (χ1v) is 6.35. The number of rotatable bonds is 3. The highest BCUT2D eigenvalue weighted by Crippen LogP contribution is 2.30. The van der Waals surface area contributed by atoms with Crippen LogP contribution in [0.25, 0.3) is 0 Å². The molecule has 106 valence electrons. The number of benzene rings is 1. The minimum Gasteiger partial charge on any atom is -0.460 e. The smallest absolute Gasteiger partial charge is 0.312 e. The molecule has 1 N–H and O–H groups in total. The number of esters is 1. The first kappa shape index (κ1) is 15.9. The highest BCUT2D eigenvalue weighted by Gasteiger charge is 2.29. The standard InChI is InChI=1S/C14H18ClFO3/c1-8(13(18)19-14(2,3)4)12(17)10-6-5-9(16)7-11(10)15/h5-8,12,17H,1-4H3. The molecule has 0 saturated carbocycles. The Morgan fingerprint density at radius 2 is 2.00 bits per heavy atom. The van der Waals surface area contributed by atoms with Crippen molar-refractivity contribution < 1.29 is 19.0 Å². The third-order valence-electron chi connectivity index (χ3n) is 2.53. The number of carbonyl (C=O) groups excluding carboxylic acids is 1. The molecule has 1 aromatic rings. The Hall–Kier alpha value is -1.13. The Morgan fingerprint density at radius 3 is 2.47 bits per heavy atom. The third-order valence-corrected chi connectivity index (χ3v) is 2.86. The number of carbonyl (C=O) groups is 1. The normalized spacial score (nSPS) is 14.9. The van der Waals surface area contributed by atoms with Crippen LogP contribution in [-0.4, -0.2) is 16.7 Å². The zero-order valence-corrected chi connectivity index (χ0v) is 12.2. The summed E-state index contributed by atoms with van der Waals surface area (Å²) in [5.74, 6) is -1.81. The van der Waals surface area contributed by atoms with E-state index in [1.54, 1.807) is 27.7 Å². The number of ether oxygens (including phenoxy) is 1. The summed E-state index contributed by atoms with van der Waals surface area (Å²) in [6.07, 6.45) is -1.14. The van der Waals surface area contributed by atoms with Crippen LogP contribution in [0.4, 0.5) is 4.39 Å². The van der Waals surface area contributed by atoms with Crippen molar-refractivity contribution in [1.29, 1.82) is 0 Å². The summed E-state index contributed by atoms with van der Waals surface area (Å²) in [5.41, 5.74) is -0.320. The number of halogens is 2. The van der Waals surface area contributed by atoms with Crippen LogP contribution in [0.15, 0.2) is 18.2 Å². The molecule has 5 heteroatoms. The maximum Gasteiger partial charge on any atom is 0.312 e. The molecule has 0 aliphatic carbocycles. The van der Waals surface area contributed by atoms with E-state index in [1.165, 1.54) is 12.1 Å². The van der Waals surface area contributed by atoms with E-state index >= 15 is 0 Å². The quantitative estimate of drug-likeness (QED) is 0.866. The highest BCUT2D eigenvalue weighted by molar-refractivity contribution is 6.31. The van der Waals surface area contributed by atoms with E-state index in [0.29, 0.717) is 5.56 Å². The summed E-state index contributed by atoms with van der Waals surface area (Å²) in [5, 5.41) is 10.2. The van der Waals surface area contributed by atoms with Gasteiger partial charge in [0.15, 0.2) is 0 Å². The van der Waals surface area contributed by atoms with Gasteiger partial charge < -0.3 is 9.84 Å². The molecule has 2 unspecified atom stereocenters. The van der Waals surface area contributed by atoms with Gasteiger partial charge in [-0.1, -0.05) is 17.7 Å². The van der Waals surface area contributed by atoms with Crippen molar-refractivity contribution >= 4 is 17.6 Å². The first-order valence-electron chi connectivity index (χ1n) is 5.97. The molecule has 0 fully saturated rings. The lowest BCUT2D eigenvalue weighted by Crippen LogP contribution is -2.30. The van der Waals surface area contributed by atoms with E-state index in [9.17, 15) is 14.3 Å². The van der Waals surface area contributed by atoms with Gasteiger partial charge in [0.2, 0.25) is 0 Å². The predicted octanol–water partition coefficient (Wildman–Crippen LogP) is 3.49. The Morgan fingerprint density at radius 1 is 1.42 bits per heavy atom. The maximum atomic E-state index is 12.9. The molecule has 2 atom stereocenters.